The van der Waals surface area contributed by atoms with E-state index in [1.807, 2.05) is 0 Å². The largest absolute Gasteiger partial charge is 0.391 e. The number of aliphatic hydroxyl groups excluding tert-OH is 1. The van der Waals surface area contributed by atoms with E-state index in [2.05, 4.69) is 18.7 Å². The number of aromatic nitrogens is 1. The Balaban J connectivity index is 2.82. The number of methoxy groups -OCH3 is 2. The lowest BCUT2D eigenvalue weighted by Crippen LogP contribution is -2.29. The molecule has 0 spiro atoms. The minimum Gasteiger partial charge on any atom is -0.391 e. The molecule has 116 valence electrons. The van der Waals surface area contributed by atoms with Crippen molar-refractivity contribution in [1.82, 2.24) is 4.98 Å². The van der Waals surface area contributed by atoms with Gasteiger partial charge in [0.05, 0.1) is 23.8 Å². The van der Waals surface area contributed by atoms with Gasteiger partial charge in [0.2, 0.25) is 0 Å². The van der Waals surface area contributed by atoms with Gasteiger partial charge in [-0.3, -0.25) is 0 Å². The molecule has 0 aliphatic rings. The van der Waals surface area contributed by atoms with E-state index in [4.69, 9.17) is 14.5 Å². The first-order chi connectivity index (χ1) is 9.63. The average Bonchev–Trinajstić information content (AvgIpc) is 2.87. The molecular formula is C14H26N2O3S. The minimum atomic E-state index is 0.0569. The maximum absolute atomic E-state index is 9.46. The molecule has 0 saturated carbocycles. The number of aliphatic hydroxyl groups is 1. The fourth-order valence-corrected chi connectivity index (χ4v) is 3.08. The second-order valence-corrected chi connectivity index (χ2v) is 6.01. The van der Waals surface area contributed by atoms with Gasteiger partial charge in [-0.05, 0) is 12.3 Å². The molecule has 1 aromatic heterocycles. The number of hydrogen-bond acceptors (Lipinski definition) is 6. The molecule has 1 rings (SSSR count). The summed E-state index contributed by atoms with van der Waals surface area (Å²) in [7, 11) is 3.41. The molecule has 0 aliphatic heterocycles. The monoisotopic (exact) mass is 302 g/mol. The van der Waals surface area contributed by atoms with Crippen molar-refractivity contribution in [3.05, 3.63) is 10.6 Å². The van der Waals surface area contributed by atoms with Gasteiger partial charge in [0, 0.05) is 33.9 Å². The third kappa shape index (κ3) is 5.01. The molecule has 1 N–H and O–H groups in total. The molecule has 0 aromatic carbocycles. The van der Waals surface area contributed by atoms with Gasteiger partial charge in [-0.1, -0.05) is 25.2 Å². The zero-order valence-electron chi connectivity index (χ0n) is 12.9. The van der Waals surface area contributed by atoms with Gasteiger partial charge < -0.3 is 19.5 Å². The van der Waals surface area contributed by atoms with Crippen LogP contribution in [0.4, 0.5) is 5.13 Å². The van der Waals surface area contributed by atoms with Crippen molar-refractivity contribution in [2.24, 2.45) is 0 Å². The summed E-state index contributed by atoms with van der Waals surface area (Å²) in [4.78, 5) is 7.87. The van der Waals surface area contributed by atoms with Crippen LogP contribution in [0.2, 0.25) is 0 Å². The summed E-state index contributed by atoms with van der Waals surface area (Å²) < 4.78 is 10.3. The first-order valence-corrected chi connectivity index (χ1v) is 7.79. The fourth-order valence-electron chi connectivity index (χ4n) is 1.95. The normalized spacial score (nSPS) is 11.3. The van der Waals surface area contributed by atoms with Crippen molar-refractivity contribution in [1.29, 1.82) is 0 Å². The Bertz CT molecular complexity index is 382. The van der Waals surface area contributed by atoms with Gasteiger partial charge in [0.1, 0.15) is 0 Å². The Hall–Kier alpha value is -0.690. The third-order valence-corrected chi connectivity index (χ3v) is 4.14. The van der Waals surface area contributed by atoms with E-state index in [0.29, 0.717) is 12.5 Å². The van der Waals surface area contributed by atoms with Crippen LogP contribution in [0.3, 0.4) is 0 Å². The number of anilines is 1. The third-order valence-electron chi connectivity index (χ3n) is 3.02. The highest BCUT2D eigenvalue weighted by Crippen LogP contribution is 2.30. The van der Waals surface area contributed by atoms with Gasteiger partial charge >= 0.3 is 0 Å². The van der Waals surface area contributed by atoms with E-state index < -0.39 is 0 Å². The van der Waals surface area contributed by atoms with Crippen LogP contribution in [0.1, 0.15) is 36.8 Å². The van der Waals surface area contributed by atoms with Gasteiger partial charge in [-0.25, -0.2) is 4.98 Å². The van der Waals surface area contributed by atoms with Crippen LogP contribution in [-0.2, 0) is 16.1 Å². The highest BCUT2D eigenvalue weighted by Gasteiger charge is 2.17. The molecule has 0 unspecified atom stereocenters. The molecule has 0 radical (unpaired) electrons. The topological polar surface area (TPSA) is 54.8 Å². The number of nitrogens with zero attached hydrogens (tertiary/aromatic N) is 2. The minimum absolute atomic E-state index is 0.0569. The molecule has 0 bridgehead atoms. The molecule has 1 aromatic rings. The molecule has 0 saturated heterocycles. The second-order valence-electron chi connectivity index (χ2n) is 4.94. The molecule has 5 nitrogen and oxygen atoms in total. The van der Waals surface area contributed by atoms with Crippen molar-refractivity contribution < 1.29 is 14.6 Å². The lowest BCUT2D eigenvalue weighted by molar-refractivity contribution is 0.191. The molecule has 20 heavy (non-hydrogen) atoms. The first kappa shape index (κ1) is 17.4. The summed E-state index contributed by atoms with van der Waals surface area (Å²) in [5, 5.41) is 10.4. The number of hydrogen-bond donors (Lipinski definition) is 1. The van der Waals surface area contributed by atoms with Crippen molar-refractivity contribution in [3.8, 4) is 0 Å². The van der Waals surface area contributed by atoms with Crippen LogP contribution < -0.4 is 4.90 Å². The van der Waals surface area contributed by atoms with Crippen molar-refractivity contribution in [2.45, 2.75) is 32.8 Å². The van der Waals surface area contributed by atoms with Gasteiger partial charge in [0.25, 0.3) is 0 Å². The van der Waals surface area contributed by atoms with Crippen LogP contribution >= 0.6 is 11.3 Å². The van der Waals surface area contributed by atoms with Crippen LogP contribution in [0, 0.1) is 0 Å². The first-order valence-electron chi connectivity index (χ1n) is 6.97. The predicted molar refractivity (Wildman–Crippen MR) is 82.7 cm³/mol. The predicted octanol–water partition coefficient (Wildman–Crippen LogP) is 2.25. The standard InChI is InChI=1S/C14H26N2O3S/c1-11(2)13-12(10-17)20-14(15-13)16(7-9-19-4)6-5-8-18-3/h11,17H,5-10H2,1-4H3. The van der Waals surface area contributed by atoms with Crippen LogP contribution in [-0.4, -0.2) is 50.6 Å². The quantitative estimate of drug-likeness (QED) is 0.672. The molecule has 1 heterocycles. The van der Waals surface area contributed by atoms with Crippen molar-refractivity contribution >= 4 is 16.5 Å². The number of thiazole rings is 1. The molecule has 0 aliphatic carbocycles. The second kappa shape index (κ2) is 9.28. The zero-order chi connectivity index (χ0) is 15.0. The lowest BCUT2D eigenvalue weighted by Gasteiger charge is -2.21. The van der Waals surface area contributed by atoms with Crippen LogP contribution in [0.5, 0.6) is 0 Å². The highest BCUT2D eigenvalue weighted by molar-refractivity contribution is 7.15. The lowest BCUT2D eigenvalue weighted by atomic mass is 10.1. The van der Waals surface area contributed by atoms with E-state index >= 15 is 0 Å². The Labute approximate surface area is 125 Å². The molecule has 6 heteroatoms. The number of ether oxygens (including phenoxy) is 2. The highest BCUT2D eigenvalue weighted by atomic mass is 32.1. The van der Waals surface area contributed by atoms with Crippen molar-refractivity contribution in [2.75, 3.05) is 45.4 Å². The number of rotatable bonds is 10. The molecule has 0 atom stereocenters. The molecule has 0 fully saturated rings. The summed E-state index contributed by atoms with van der Waals surface area (Å²) in [6.07, 6.45) is 0.950. The maximum atomic E-state index is 9.46. The SMILES string of the molecule is COCCCN(CCOC)c1nc(C(C)C)c(CO)s1. The molecule has 0 amide bonds. The smallest absolute Gasteiger partial charge is 0.185 e. The Morgan fingerprint density at radius 2 is 1.90 bits per heavy atom. The van der Waals surface area contributed by atoms with E-state index in [-0.39, 0.29) is 6.61 Å². The summed E-state index contributed by atoms with van der Waals surface area (Å²) in [6, 6.07) is 0. The summed E-state index contributed by atoms with van der Waals surface area (Å²) in [5.41, 5.74) is 1.00. The van der Waals surface area contributed by atoms with E-state index in [1.165, 1.54) is 0 Å². The van der Waals surface area contributed by atoms with Gasteiger partial charge in [-0.2, -0.15) is 0 Å². The Morgan fingerprint density at radius 1 is 1.20 bits per heavy atom. The zero-order valence-corrected chi connectivity index (χ0v) is 13.7. The molecular weight excluding hydrogens is 276 g/mol. The van der Waals surface area contributed by atoms with E-state index in [1.54, 1.807) is 25.6 Å². The maximum Gasteiger partial charge on any atom is 0.185 e. The van der Waals surface area contributed by atoms with E-state index in [0.717, 1.165) is 41.8 Å². The van der Waals surface area contributed by atoms with Crippen LogP contribution in [0.15, 0.2) is 0 Å². The summed E-state index contributed by atoms with van der Waals surface area (Å²) in [5.74, 6) is 0.324. The van der Waals surface area contributed by atoms with Gasteiger partial charge in [0.15, 0.2) is 5.13 Å². The van der Waals surface area contributed by atoms with Crippen molar-refractivity contribution in [3.63, 3.8) is 0 Å². The summed E-state index contributed by atoms with van der Waals surface area (Å²) >= 11 is 1.57. The van der Waals surface area contributed by atoms with E-state index in [9.17, 15) is 5.11 Å². The van der Waals surface area contributed by atoms with Gasteiger partial charge in [-0.15, -0.1) is 0 Å². The Morgan fingerprint density at radius 3 is 2.40 bits per heavy atom. The average molecular weight is 302 g/mol. The fraction of sp³-hybridized carbons (Fsp3) is 0.786. The van der Waals surface area contributed by atoms with Crippen LogP contribution in [0.25, 0.3) is 0 Å². The summed E-state index contributed by atoms with van der Waals surface area (Å²) in [6.45, 7) is 7.34. The Kier molecular flexibility index (Phi) is 8.06.